The molecular weight excluding hydrogens is 174 g/mol. The third kappa shape index (κ3) is 1.68. The topological polar surface area (TPSA) is 39.2 Å². The van der Waals surface area contributed by atoms with E-state index in [1.54, 1.807) is 12.4 Å². The van der Waals surface area contributed by atoms with E-state index in [4.69, 9.17) is 11.6 Å². The van der Waals surface area contributed by atoms with Crippen LogP contribution in [0.1, 0.15) is 4.88 Å². The number of aryl methyl sites for hydroxylation is 1. The van der Waals surface area contributed by atoms with Gasteiger partial charge < -0.3 is 4.74 Å². The van der Waals surface area contributed by atoms with Crippen molar-refractivity contribution in [3.63, 3.8) is 0 Å². The average Bonchev–Trinajstić information content (AvgIpc) is 2.15. The van der Waals surface area contributed by atoms with Crippen LogP contribution in [-0.2, 0) is 0 Å². The minimum atomic E-state index is -0.853. The van der Waals surface area contributed by atoms with E-state index in [9.17, 15) is 4.79 Å². The number of hydrogen-bond donors (Lipinski definition) is 0. The van der Waals surface area contributed by atoms with E-state index in [-0.39, 0.29) is 0 Å². The molecule has 0 atom stereocenters. The molecule has 0 unspecified atom stereocenters. The van der Waals surface area contributed by atoms with Crippen molar-refractivity contribution in [3.8, 4) is 5.88 Å². The van der Waals surface area contributed by atoms with E-state index in [0.717, 1.165) is 4.88 Å². The zero-order valence-electron chi connectivity index (χ0n) is 5.13. The van der Waals surface area contributed by atoms with E-state index in [1.807, 2.05) is 0 Å². The molecule has 0 spiro atoms. The lowest BCUT2D eigenvalue weighted by atomic mass is 10.6. The summed E-state index contributed by atoms with van der Waals surface area (Å²) in [4.78, 5) is 14.8. The normalized spacial score (nSPS) is 9.40. The summed E-state index contributed by atoms with van der Waals surface area (Å²) in [6.07, 6.45) is 0. The summed E-state index contributed by atoms with van der Waals surface area (Å²) >= 11 is 6.34. The Kier molecular flexibility index (Phi) is 2.24. The van der Waals surface area contributed by atoms with Crippen molar-refractivity contribution in [3.05, 3.63) is 10.4 Å². The van der Waals surface area contributed by atoms with Crippen LogP contribution < -0.4 is 4.74 Å². The highest BCUT2D eigenvalue weighted by Crippen LogP contribution is 2.19. The van der Waals surface area contributed by atoms with Crippen molar-refractivity contribution in [1.29, 1.82) is 0 Å². The maximum absolute atomic E-state index is 10.2. The smallest absolute Gasteiger partial charge is 0.394 e. The fourth-order valence-corrected chi connectivity index (χ4v) is 1.04. The number of nitrogens with zero attached hydrogens (tertiary/aromatic N) is 1. The Labute approximate surface area is 66.6 Å². The van der Waals surface area contributed by atoms with Crippen LogP contribution in [0.25, 0.3) is 0 Å². The molecular formula is C5H4ClNO2S. The first-order valence-corrected chi connectivity index (χ1v) is 3.73. The monoisotopic (exact) mass is 177 g/mol. The van der Waals surface area contributed by atoms with Crippen molar-refractivity contribution in [1.82, 2.24) is 4.98 Å². The Morgan fingerprint density at radius 3 is 3.00 bits per heavy atom. The zero-order valence-corrected chi connectivity index (χ0v) is 6.70. The maximum atomic E-state index is 10.2. The molecule has 0 bridgehead atoms. The van der Waals surface area contributed by atoms with E-state index < -0.39 is 5.43 Å². The maximum Gasteiger partial charge on any atom is 0.410 e. The number of carbonyl (C=O) groups is 1. The quantitative estimate of drug-likeness (QED) is 0.618. The largest absolute Gasteiger partial charge is 0.410 e. The van der Waals surface area contributed by atoms with Gasteiger partial charge in [-0.3, -0.25) is 0 Å². The molecule has 54 valence electrons. The fourth-order valence-electron chi connectivity index (χ4n) is 0.469. The number of thiazole rings is 1. The van der Waals surface area contributed by atoms with E-state index in [1.165, 1.54) is 11.3 Å². The second-order valence-electron chi connectivity index (χ2n) is 1.55. The summed E-state index contributed by atoms with van der Waals surface area (Å²) in [5, 5.41) is 0. The van der Waals surface area contributed by atoms with Gasteiger partial charge in [-0.15, -0.1) is 11.3 Å². The van der Waals surface area contributed by atoms with Gasteiger partial charge in [0.2, 0.25) is 5.88 Å². The summed E-state index contributed by atoms with van der Waals surface area (Å²) in [6, 6.07) is 0. The van der Waals surface area contributed by atoms with Crippen molar-refractivity contribution >= 4 is 28.4 Å². The first-order chi connectivity index (χ1) is 4.70. The van der Waals surface area contributed by atoms with E-state index >= 15 is 0 Å². The molecule has 1 heterocycles. The molecule has 0 radical (unpaired) electrons. The molecule has 0 N–H and O–H groups in total. The second kappa shape index (κ2) is 2.98. The molecule has 0 fully saturated rings. The van der Waals surface area contributed by atoms with Gasteiger partial charge in [0.1, 0.15) is 0 Å². The standard InChI is InChI=1S/C5H4ClNO2S/c1-3-4(7-2-10-3)9-5(6)8/h2H,1H3. The molecule has 3 nitrogen and oxygen atoms in total. The molecule has 0 aliphatic rings. The van der Waals surface area contributed by atoms with Gasteiger partial charge in [0.15, 0.2) is 0 Å². The molecule has 0 aliphatic heterocycles. The van der Waals surface area contributed by atoms with E-state index in [2.05, 4.69) is 9.72 Å². The van der Waals surface area contributed by atoms with Gasteiger partial charge >= 0.3 is 5.43 Å². The Morgan fingerprint density at radius 1 is 1.90 bits per heavy atom. The van der Waals surface area contributed by atoms with Gasteiger partial charge in [-0.25, -0.2) is 9.78 Å². The van der Waals surface area contributed by atoms with Crippen LogP contribution in [0.4, 0.5) is 4.79 Å². The Hall–Kier alpha value is -0.610. The number of aromatic nitrogens is 1. The van der Waals surface area contributed by atoms with Crippen LogP contribution in [0, 0.1) is 6.92 Å². The summed E-state index contributed by atoms with van der Waals surface area (Å²) in [7, 11) is 0. The lowest BCUT2D eigenvalue weighted by Gasteiger charge is -1.92. The van der Waals surface area contributed by atoms with Crippen LogP contribution >= 0.6 is 22.9 Å². The highest BCUT2D eigenvalue weighted by atomic mass is 35.5. The van der Waals surface area contributed by atoms with Crippen LogP contribution in [-0.4, -0.2) is 10.4 Å². The molecule has 10 heavy (non-hydrogen) atoms. The molecule has 0 amide bonds. The molecule has 0 aromatic carbocycles. The number of rotatable bonds is 1. The van der Waals surface area contributed by atoms with Crippen LogP contribution in [0.15, 0.2) is 5.51 Å². The highest BCUT2D eigenvalue weighted by Gasteiger charge is 2.05. The van der Waals surface area contributed by atoms with Crippen molar-refractivity contribution < 1.29 is 9.53 Å². The van der Waals surface area contributed by atoms with Gasteiger partial charge in [-0.05, 0) is 6.92 Å². The van der Waals surface area contributed by atoms with Crippen molar-refractivity contribution in [2.24, 2.45) is 0 Å². The third-order valence-corrected chi connectivity index (χ3v) is 1.69. The molecule has 0 saturated carbocycles. The van der Waals surface area contributed by atoms with Gasteiger partial charge in [0, 0.05) is 11.6 Å². The number of ether oxygens (including phenoxy) is 1. The fraction of sp³-hybridized carbons (Fsp3) is 0.200. The highest BCUT2D eigenvalue weighted by molar-refractivity contribution is 7.09. The van der Waals surface area contributed by atoms with Crippen molar-refractivity contribution in [2.75, 3.05) is 0 Å². The number of halogens is 1. The zero-order chi connectivity index (χ0) is 7.56. The van der Waals surface area contributed by atoms with E-state index in [0.29, 0.717) is 5.88 Å². The first-order valence-electron chi connectivity index (χ1n) is 2.47. The minimum Gasteiger partial charge on any atom is -0.394 e. The Balaban J connectivity index is 2.74. The van der Waals surface area contributed by atoms with Crippen LogP contribution in [0.2, 0.25) is 0 Å². The molecule has 5 heteroatoms. The second-order valence-corrected chi connectivity index (χ2v) is 2.92. The van der Waals surface area contributed by atoms with Crippen molar-refractivity contribution in [2.45, 2.75) is 6.92 Å². The SMILES string of the molecule is Cc1scnc1OC(=O)Cl. The summed E-state index contributed by atoms with van der Waals surface area (Å²) in [5.74, 6) is 0.296. The number of hydrogen-bond acceptors (Lipinski definition) is 4. The molecule has 1 aromatic heterocycles. The molecule has 0 saturated heterocycles. The third-order valence-electron chi connectivity index (χ3n) is 0.878. The molecule has 1 aromatic rings. The van der Waals surface area contributed by atoms with Gasteiger partial charge in [0.05, 0.1) is 10.4 Å². The molecule has 0 aliphatic carbocycles. The first kappa shape index (κ1) is 7.50. The summed E-state index contributed by atoms with van der Waals surface area (Å²) in [5.41, 5.74) is 0.735. The number of carbonyl (C=O) groups excluding carboxylic acids is 1. The Bertz CT molecular complexity index is 248. The van der Waals surface area contributed by atoms with Gasteiger partial charge in [0.25, 0.3) is 0 Å². The van der Waals surface area contributed by atoms with Crippen LogP contribution in [0.3, 0.4) is 0 Å². The Morgan fingerprint density at radius 2 is 2.60 bits per heavy atom. The summed E-state index contributed by atoms with van der Waals surface area (Å²) in [6.45, 7) is 1.80. The molecule has 1 rings (SSSR count). The average molecular weight is 178 g/mol. The predicted octanol–water partition coefficient (Wildman–Crippen LogP) is 2.19. The lowest BCUT2D eigenvalue weighted by Crippen LogP contribution is -1.96. The van der Waals surface area contributed by atoms with Gasteiger partial charge in [-0.1, -0.05) is 0 Å². The minimum absolute atomic E-state index is 0.296. The van der Waals surface area contributed by atoms with Gasteiger partial charge in [-0.2, -0.15) is 0 Å². The lowest BCUT2D eigenvalue weighted by molar-refractivity contribution is 0.224. The summed E-state index contributed by atoms with van der Waals surface area (Å²) < 4.78 is 4.51. The van der Waals surface area contributed by atoms with Crippen LogP contribution in [0.5, 0.6) is 5.88 Å². The predicted molar refractivity (Wildman–Crippen MR) is 38.7 cm³/mol.